The van der Waals surface area contributed by atoms with Crippen molar-refractivity contribution in [2.24, 2.45) is 11.7 Å². The maximum atomic E-state index is 12.3. The number of anilines is 1. The van der Waals surface area contributed by atoms with Crippen LogP contribution in [0, 0.1) is 5.92 Å². The van der Waals surface area contributed by atoms with E-state index in [0.29, 0.717) is 5.92 Å². The highest BCUT2D eigenvalue weighted by molar-refractivity contribution is 5.88. The second-order valence-electron chi connectivity index (χ2n) is 11.6. The van der Waals surface area contributed by atoms with Crippen molar-refractivity contribution in [2.75, 3.05) is 5.01 Å². The van der Waals surface area contributed by atoms with Crippen LogP contribution in [0.4, 0.5) is 5.69 Å². The summed E-state index contributed by atoms with van der Waals surface area (Å²) in [6.45, 7) is 15.4. The van der Waals surface area contributed by atoms with E-state index in [9.17, 15) is 4.79 Å². The van der Waals surface area contributed by atoms with Crippen molar-refractivity contribution in [2.45, 2.75) is 103 Å². The van der Waals surface area contributed by atoms with Crippen molar-refractivity contribution < 1.29 is 4.79 Å². The zero-order chi connectivity index (χ0) is 22.3. The Morgan fingerprint density at radius 2 is 1.57 bits per heavy atom. The quantitative estimate of drug-likeness (QED) is 0.668. The zero-order valence-corrected chi connectivity index (χ0v) is 20.1. The van der Waals surface area contributed by atoms with Gasteiger partial charge in [-0.15, -0.1) is 0 Å². The third-order valence-corrected chi connectivity index (χ3v) is 6.73. The molecule has 166 valence electrons. The van der Waals surface area contributed by atoms with Gasteiger partial charge in [0.1, 0.15) is 5.54 Å². The molecule has 4 heteroatoms. The summed E-state index contributed by atoms with van der Waals surface area (Å²) in [5.41, 5.74) is 13.3. The number of nitrogens with zero attached hydrogens (tertiary/aromatic N) is 1. The normalized spacial score (nSPS) is 23.6. The van der Waals surface area contributed by atoms with Crippen molar-refractivity contribution in [1.29, 1.82) is 0 Å². The minimum Gasteiger partial charge on any atom is -0.368 e. The Balaban J connectivity index is 2.04. The molecule has 1 atom stereocenters. The molecule has 0 radical (unpaired) electrons. The molecule has 0 bridgehead atoms. The lowest BCUT2D eigenvalue weighted by Gasteiger charge is -2.32. The summed E-state index contributed by atoms with van der Waals surface area (Å²) in [7, 11) is 0. The number of carbonyl (C=O) groups is 1. The predicted octanol–water partition coefficient (Wildman–Crippen LogP) is 5.70. The van der Waals surface area contributed by atoms with Crippen LogP contribution in [-0.4, -0.2) is 11.4 Å². The number of primary amides is 1. The molecular formula is C26H41N3O. The summed E-state index contributed by atoms with van der Waals surface area (Å²) in [5, 5.41) is 2.14. The van der Waals surface area contributed by atoms with Gasteiger partial charge in [0.15, 0.2) is 0 Å². The lowest BCUT2D eigenvalue weighted by atomic mass is 9.80. The molecule has 2 aliphatic rings. The highest BCUT2D eigenvalue weighted by atomic mass is 16.1. The number of rotatable bonds is 4. The van der Waals surface area contributed by atoms with Crippen molar-refractivity contribution >= 4 is 11.6 Å². The van der Waals surface area contributed by atoms with Crippen LogP contribution in [0.3, 0.4) is 0 Å². The Morgan fingerprint density at radius 1 is 1.03 bits per heavy atom. The first-order valence-electron chi connectivity index (χ1n) is 11.6. The number of nitrogens with two attached hydrogens (primary N) is 1. The average molecular weight is 412 g/mol. The van der Waals surface area contributed by atoms with E-state index in [1.54, 1.807) is 0 Å². The van der Waals surface area contributed by atoms with E-state index in [1.165, 1.54) is 48.9 Å². The van der Waals surface area contributed by atoms with E-state index in [4.69, 9.17) is 5.73 Å². The molecule has 1 heterocycles. The van der Waals surface area contributed by atoms with Crippen LogP contribution < -0.4 is 16.2 Å². The minimum atomic E-state index is -0.858. The highest BCUT2D eigenvalue weighted by Gasteiger charge is 2.39. The Labute approximate surface area is 183 Å². The van der Waals surface area contributed by atoms with Crippen LogP contribution in [0.2, 0.25) is 0 Å². The lowest BCUT2D eigenvalue weighted by molar-refractivity contribution is -0.121. The summed E-state index contributed by atoms with van der Waals surface area (Å²) in [6, 6.07) is 6.87. The molecule has 1 fully saturated rings. The van der Waals surface area contributed by atoms with Gasteiger partial charge < -0.3 is 5.73 Å². The van der Waals surface area contributed by atoms with E-state index in [-0.39, 0.29) is 16.7 Å². The summed E-state index contributed by atoms with van der Waals surface area (Å²) < 4.78 is 0. The number of hydrogen-bond acceptors (Lipinski definition) is 3. The smallest absolute Gasteiger partial charge is 0.243 e. The molecule has 1 amide bonds. The van der Waals surface area contributed by atoms with E-state index in [2.05, 4.69) is 76.3 Å². The van der Waals surface area contributed by atoms with Gasteiger partial charge in [0.05, 0.1) is 5.69 Å². The van der Waals surface area contributed by atoms with Crippen LogP contribution in [0.25, 0.3) is 0 Å². The fourth-order valence-electron chi connectivity index (χ4n) is 4.53. The minimum absolute atomic E-state index is 0.0377. The first kappa shape index (κ1) is 22.9. The zero-order valence-electron chi connectivity index (χ0n) is 20.1. The van der Waals surface area contributed by atoms with Crippen LogP contribution in [0.5, 0.6) is 0 Å². The molecule has 1 saturated carbocycles. The monoisotopic (exact) mass is 411 g/mol. The summed E-state index contributed by atoms with van der Waals surface area (Å²) >= 11 is 0. The first-order chi connectivity index (χ1) is 13.8. The first-order valence-corrected chi connectivity index (χ1v) is 11.6. The second kappa shape index (κ2) is 8.03. The van der Waals surface area contributed by atoms with Crippen molar-refractivity contribution in [3.63, 3.8) is 0 Å². The van der Waals surface area contributed by atoms with Gasteiger partial charge >= 0.3 is 0 Å². The number of hydrogen-bond donors (Lipinski definition) is 2. The molecule has 1 aromatic rings. The Bertz CT molecular complexity index is 789. The SMILES string of the molecule is CC1(C(N)=O)C=C(CC2CCCCC2)N(c2cc(C(C)(C)C)cc(C(C)(C)C)c2)N1. The van der Waals surface area contributed by atoms with Gasteiger partial charge in [-0.2, -0.15) is 0 Å². The molecule has 0 saturated heterocycles. The van der Waals surface area contributed by atoms with Crippen LogP contribution in [-0.2, 0) is 15.6 Å². The molecule has 1 aliphatic carbocycles. The van der Waals surface area contributed by atoms with Gasteiger partial charge in [-0.05, 0) is 59.4 Å². The van der Waals surface area contributed by atoms with Crippen LogP contribution >= 0.6 is 0 Å². The number of allylic oxidation sites excluding steroid dienone is 1. The van der Waals surface area contributed by atoms with Crippen molar-refractivity contribution in [3.05, 3.63) is 41.1 Å². The molecule has 3 rings (SSSR count). The molecule has 4 nitrogen and oxygen atoms in total. The van der Waals surface area contributed by atoms with Gasteiger partial charge in [0.2, 0.25) is 5.91 Å². The molecule has 1 aromatic carbocycles. The van der Waals surface area contributed by atoms with Gasteiger partial charge in [-0.1, -0.05) is 79.7 Å². The van der Waals surface area contributed by atoms with Gasteiger partial charge in [-0.25, -0.2) is 5.43 Å². The standard InChI is InChI=1S/C26H41N3O/c1-24(2,3)19-14-20(25(4,5)6)16-21(15-19)29-22(13-18-11-9-8-10-12-18)17-26(7,28-29)23(27)30/h14-18,28H,8-13H2,1-7H3,(H2,27,30). The molecule has 3 N–H and O–H groups in total. The van der Waals surface area contributed by atoms with Gasteiger partial charge in [-0.3, -0.25) is 9.80 Å². The molecule has 0 aromatic heterocycles. The Kier molecular flexibility index (Phi) is 6.12. The fourth-order valence-corrected chi connectivity index (χ4v) is 4.53. The molecule has 1 aliphatic heterocycles. The fraction of sp³-hybridized carbons (Fsp3) is 0.654. The summed E-state index contributed by atoms with van der Waals surface area (Å²) in [6.07, 6.45) is 9.56. The van der Waals surface area contributed by atoms with Crippen LogP contribution in [0.1, 0.15) is 98.1 Å². The number of amides is 1. The highest BCUT2D eigenvalue weighted by Crippen LogP contribution is 2.39. The Morgan fingerprint density at radius 3 is 2.03 bits per heavy atom. The third kappa shape index (κ3) is 4.91. The number of carbonyl (C=O) groups excluding carboxylic acids is 1. The van der Waals surface area contributed by atoms with Crippen molar-refractivity contribution in [1.82, 2.24) is 5.43 Å². The van der Waals surface area contributed by atoms with Crippen molar-refractivity contribution in [3.8, 4) is 0 Å². The molecular weight excluding hydrogens is 370 g/mol. The van der Waals surface area contributed by atoms with E-state index in [1.807, 2.05) is 6.92 Å². The topological polar surface area (TPSA) is 58.4 Å². The van der Waals surface area contributed by atoms with Gasteiger partial charge in [0.25, 0.3) is 0 Å². The van der Waals surface area contributed by atoms with E-state index in [0.717, 1.165) is 12.1 Å². The largest absolute Gasteiger partial charge is 0.368 e. The summed E-state index contributed by atoms with van der Waals surface area (Å²) in [4.78, 5) is 12.3. The summed E-state index contributed by atoms with van der Waals surface area (Å²) in [5.74, 6) is 0.339. The molecule has 1 unspecified atom stereocenters. The lowest BCUT2D eigenvalue weighted by Crippen LogP contribution is -2.53. The maximum absolute atomic E-state index is 12.3. The predicted molar refractivity (Wildman–Crippen MR) is 126 cm³/mol. The van der Waals surface area contributed by atoms with E-state index >= 15 is 0 Å². The average Bonchev–Trinajstić information content (AvgIpc) is 2.98. The molecule has 30 heavy (non-hydrogen) atoms. The maximum Gasteiger partial charge on any atom is 0.243 e. The van der Waals surface area contributed by atoms with Crippen LogP contribution in [0.15, 0.2) is 30.0 Å². The number of hydrazine groups is 1. The van der Waals surface area contributed by atoms with E-state index < -0.39 is 5.54 Å². The second-order valence-corrected chi connectivity index (χ2v) is 11.6. The van der Waals surface area contributed by atoms with Gasteiger partial charge in [0, 0.05) is 5.70 Å². The number of benzene rings is 1. The number of nitrogens with one attached hydrogen (secondary N) is 1. The molecule has 0 spiro atoms. The third-order valence-electron chi connectivity index (χ3n) is 6.73. The Hall–Kier alpha value is -1.81.